The Kier molecular flexibility index (Phi) is 2.93. The summed E-state index contributed by atoms with van der Waals surface area (Å²) in [6.45, 7) is 0. The zero-order valence-electron chi connectivity index (χ0n) is 11.8. The van der Waals surface area contributed by atoms with Crippen molar-refractivity contribution in [2.75, 3.05) is 0 Å². The zero-order chi connectivity index (χ0) is 14.1. The third-order valence-electron chi connectivity index (χ3n) is 4.09. The summed E-state index contributed by atoms with van der Waals surface area (Å²) in [5.41, 5.74) is 8.15. The summed E-state index contributed by atoms with van der Waals surface area (Å²) in [5.74, 6) is 0. The second-order valence-electron chi connectivity index (χ2n) is 5.49. The predicted octanol–water partition coefficient (Wildman–Crippen LogP) is 5.43. The minimum absolute atomic E-state index is 1.06. The summed E-state index contributed by atoms with van der Waals surface area (Å²) in [7, 11) is 0. The first-order valence-corrected chi connectivity index (χ1v) is 7.34. The van der Waals surface area contributed by atoms with Gasteiger partial charge in [0.1, 0.15) is 0 Å². The summed E-state index contributed by atoms with van der Waals surface area (Å²) in [6.07, 6.45) is 5.42. The average molecular weight is 268 g/mol. The number of fused-ring (bicyclic) bond motifs is 3. The van der Waals surface area contributed by atoms with Gasteiger partial charge in [-0.15, -0.1) is 0 Å². The van der Waals surface area contributed by atoms with Gasteiger partial charge in [-0.05, 0) is 45.9 Å². The Labute approximate surface area is 125 Å². The van der Waals surface area contributed by atoms with Gasteiger partial charge in [0.2, 0.25) is 0 Å². The van der Waals surface area contributed by atoms with Crippen molar-refractivity contribution in [3.8, 4) is 11.1 Å². The van der Waals surface area contributed by atoms with Crippen molar-refractivity contribution in [3.63, 3.8) is 0 Å². The van der Waals surface area contributed by atoms with E-state index in [4.69, 9.17) is 0 Å². The molecule has 0 heterocycles. The molecule has 0 aromatic heterocycles. The van der Waals surface area contributed by atoms with E-state index >= 15 is 0 Å². The highest BCUT2D eigenvalue weighted by molar-refractivity contribution is 5.80. The maximum atomic E-state index is 2.31. The number of benzene rings is 3. The molecule has 0 radical (unpaired) electrons. The molecule has 0 saturated heterocycles. The second-order valence-corrected chi connectivity index (χ2v) is 5.49. The van der Waals surface area contributed by atoms with E-state index in [0.717, 1.165) is 6.42 Å². The minimum atomic E-state index is 1.06. The second kappa shape index (κ2) is 5.06. The van der Waals surface area contributed by atoms with Gasteiger partial charge in [0.05, 0.1) is 0 Å². The summed E-state index contributed by atoms with van der Waals surface area (Å²) >= 11 is 0. The Hall–Kier alpha value is -2.60. The Morgan fingerprint density at radius 2 is 1.29 bits per heavy atom. The SMILES string of the molecule is C(=C\c1ccc2c(c1)-c1ccccc1C2)/c1ccccc1. The van der Waals surface area contributed by atoms with Gasteiger partial charge < -0.3 is 0 Å². The molecule has 0 atom stereocenters. The van der Waals surface area contributed by atoms with Gasteiger partial charge in [0.25, 0.3) is 0 Å². The molecule has 0 unspecified atom stereocenters. The predicted molar refractivity (Wildman–Crippen MR) is 90.1 cm³/mol. The molecule has 0 saturated carbocycles. The molecule has 1 aliphatic rings. The maximum Gasteiger partial charge on any atom is -0.00134 e. The summed E-state index contributed by atoms with van der Waals surface area (Å²) in [6, 6.07) is 25.9. The van der Waals surface area contributed by atoms with Crippen molar-refractivity contribution < 1.29 is 0 Å². The lowest BCUT2D eigenvalue weighted by Gasteiger charge is -2.02. The fraction of sp³-hybridized carbons (Fsp3) is 0.0476. The standard InChI is InChI=1S/C21H16/c1-2-6-16(7-3-1)10-11-17-12-13-19-15-18-8-4-5-9-20(18)21(19)14-17/h1-14H,15H2/b11-10+. The van der Waals surface area contributed by atoms with Crippen molar-refractivity contribution in [2.45, 2.75) is 6.42 Å². The summed E-state index contributed by atoms with van der Waals surface area (Å²) in [5, 5.41) is 0. The molecule has 4 rings (SSSR count). The van der Waals surface area contributed by atoms with Gasteiger partial charge in [0, 0.05) is 0 Å². The first kappa shape index (κ1) is 12.2. The van der Waals surface area contributed by atoms with Gasteiger partial charge >= 0.3 is 0 Å². The van der Waals surface area contributed by atoms with Crippen molar-refractivity contribution in [1.82, 2.24) is 0 Å². The summed E-state index contributed by atoms with van der Waals surface area (Å²) in [4.78, 5) is 0. The van der Waals surface area contributed by atoms with Crippen molar-refractivity contribution in [3.05, 3.63) is 95.1 Å². The molecular formula is C21H16. The normalized spacial score (nSPS) is 12.4. The van der Waals surface area contributed by atoms with Gasteiger partial charge in [-0.2, -0.15) is 0 Å². The molecule has 3 aromatic carbocycles. The highest BCUT2D eigenvalue weighted by Gasteiger charge is 2.17. The van der Waals surface area contributed by atoms with Crippen LogP contribution in [-0.2, 0) is 6.42 Å². The van der Waals surface area contributed by atoms with E-state index in [1.165, 1.54) is 33.4 Å². The molecule has 0 heteroatoms. The fourth-order valence-electron chi connectivity index (χ4n) is 3.00. The smallest absolute Gasteiger partial charge is 0.00134 e. The molecule has 0 aliphatic heterocycles. The third-order valence-corrected chi connectivity index (χ3v) is 4.09. The van der Waals surface area contributed by atoms with Crippen LogP contribution in [0.2, 0.25) is 0 Å². The Morgan fingerprint density at radius 3 is 2.19 bits per heavy atom. The van der Waals surface area contributed by atoms with Crippen LogP contribution in [0.5, 0.6) is 0 Å². The fourth-order valence-corrected chi connectivity index (χ4v) is 3.00. The van der Waals surface area contributed by atoms with E-state index < -0.39 is 0 Å². The van der Waals surface area contributed by atoms with Gasteiger partial charge in [-0.3, -0.25) is 0 Å². The molecule has 1 aliphatic carbocycles. The van der Waals surface area contributed by atoms with Crippen LogP contribution in [0.15, 0.2) is 72.8 Å². The van der Waals surface area contributed by atoms with Gasteiger partial charge in [-0.1, -0.05) is 78.9 Å². The van der Waals surface area contributed by atoms with E-state index in [1.807, 2.05) is 6.07 Å². The van der Waals surface area contributed by atoms with Crippen molar-refractivity contribution in [1.29, 1.82) is 0 Å². The van der Waals surface area contributed by atoms with E-state index in [2.05, 4.69) is 78.9 Å². The Morgan fingerprint density at radius 1 is 0.571 bits per heavy atom. The molecule has 0 nitrogen and oxygen atoms in total. The molecule has 0 bridgehead atoms. The maximum absolute atomic E-state index is 2.31. The Balaban J connectivity index is 1.70. The third kappa shape index (κ3) is 2.30. The summed E-state index contributed by atoms with van der Waals surface area (Å²) < 4.78 is 0. The van der Waals surface area contributed by atoms with Crippen molar-refractivity contribution in [2.24, 2.45) is 0 Å². The van der Waals surface area contributed by atoms with E-state index in [9.17, 15) is 0 Å². The van der Waals surface area contributed by atoms with Gasteiger partial charge in [0.15, 0.2) is 0 Å². The van der Waals surface area contributed by atoms with Crippen molar-refractivity contribution >= 4 is 12.2 Å². The van der Waals surface area contributed by atoms with E-state index in [1.54, 1.807) is 0 Å². The largest absolute Gasteiger partial charge is 0.0622 e. The first-order valence-electron chi connectivity index (χ1n) is 7.34. The van der Waals surface area contributed by atoms with Gasteiger partial charge in [-0.25, -0.2) is 0 Å². The van der Waals surface area contributed by atoms with Crippen LogP contribution < -0.4 is 0 Å². The number of rotatable bonds is 2. The minimum Gasteiger partial charge on any atom is -0.0622 e. The Bertz CT molecular complexity index is 810. The van der Waals surface area contributed by atoms with Crippen LogP contribution in [-0.4, -0.2) is 0 Å². The van der Waals surface area contributed by atoms with Crippen LogP contribution in [0.3, 0.4) is 0 Å². The van der Waals surface area contributed by atoms with Crippen LogP contribution in [0.4, 0.5) is 0 Å². The van der Waals surface area contributed by atoms with E-state index in [0.29, 0.717) is 0 Å². The quantitative estimate of drug-likeness (QED) is 0.425. The lowest BCUT2D eigenvalue weighted by molar-refractivity contribution is 1.26. The highest BCUT2D eigenvalue weighted by Crippen LogP contribution is 2.37. The molecule has 0 fully saturated rings. The molecule has 0 N–H and O–H groups in total. The number of hydrogen-bond acceptors (Lipinski definition) is 0. The van der Waals surface area contributed by atoms with Crippen LogP contribution in [0.25, 0.3) is 23.3 Å². The monoisotopic (exact) mass is 268 g/mol. The first-order chi connectivity index (χ1) is 10.4. The van der Waals surface area contributed by atoms with E-state index in [-0.39, 0.29) is 0 Å². The molecule has 3 aromatic rings. The topological polar surface area (TPSA) is 0 Å². The van der Waals surface area contributed by atoms with Crippen LogP contribution in [0.1, 0.15) is 22.3 Å². The zero-order valence-corrected chi connectivity index (χ0v) is 11.8. The lowest BCUT2D eigenvalue weighted by Crippen LogP contribution is -1.81. The van der Waals surface area contributed by atoms with Crippen LogP contribution in [0, 0.1) is 0 Å². The molecule has 0 amide bonds. The lowest BCUT2D eigenvalue weighted by atomic mass is 10.0. The van der Waals surface area contributed by atoms with Crippen LogP contribution >= 0.6 is 0 Å². The highest BCUT2D eigenvalue weighted by atomic mass is 14.2. The molecule has 0 spiro atoms. The molecule has 21 heavy (non-hydrogen) atoms. The molecule has 100 valence electrons. The number of hydrogen-bond donors (Lipinski definition) is 0. The average Bonchev–Trinajstić information content (AvgIpc) is 2.92. The molecular weight excluding hydrogens is 252 g/mol.